The van der Waals surface area contributed by atoms with Gasteiger partial charge >= 0.3 is 0 Å². The molecule has 1 aliphatic heterocycles. The van der Waals surface area contributed by atoms with E-state index in [9.17, 15) is 9.59 Å². The first-order valence-corrected chi connectivity index (χ1v) is 8.01. The molecule has 1 N–H and O–H groups in total. The Kier molecular flexibility index (Phi) is 5.93. The zero-order valence-electron chi connectivity index (χ0n) is 13.9. The summed E-state index contributed by atoms with van der Waals surface area (Å²) in [6.45, 7) is 5.24. The molecular weight excluding hydrogens is 290 g/mol. The lowest BCUT2D eigenvalue weighted by Crippen LogP contribution is -2.44. The number of anilines is 1. The van der Waals surface area contributed by atoms with Gasteiger partial charge in [0.05, 0.1) is 0 Å². The van der Waals surface area contributed by atoms with E-state index in [1.54, 1.807) is 31.3 Å². The summed E-state index contributed by atoms with van der Waals surface area (Å²) in [5.74, 6) is -0.254. The number of carbonyl (C=O) groups excluding carboxylic acids is 2. The average Bonchev–Trinajstić information content (AvgIpc) is 2.59. The number of piperidine rings is 1. The summed E-state index contributed by atoms with van der Waals surface area (Å²) in [6.07, 6.45) is 4.86. The van der Waals surface area contributed by atoms with Crippen molar-refractivity contribution in [3.8, 4) is 0 Å². The Balaban J connectivity index is 1.92. The highest BCUT2D eigenvalue weighted by atomic mass is 16.2. The summed E-state index contributed by atoms with van der Waals surface area (Å²) in [6, 6.07) is 7.43. The summed E-state index contributed by atoms with van der Waals surface area (Å²) >= 11 is 0. The highest BCUT2D eigenvalue weighted by Gasteiger charge is 2.19. The van der Waals surface area contributed by atoms with E-state index in [0.29, 0.717) is 18.2 Å². The Morgan fingerprint density at radius 1 is 1.35 bits per heavy atom. The average molecular weight is 315 g/mol. The quantitative estimate of drug-likeness (QED) is 0.846. The van der Waals surface area contributed by atoms with Crippen LogP contribution < -0.4 is 10.2 Å². The number of nitrogens with zero attached hydrogens (tertiary/aromatic N) is 2. The maximum Gasteiger partial charge on any atom is 0.251 e. The van der Waals surface area contributed by atoms with Crippen LogP contribution in [0.3, 0.4) is 0 Å². The Labute approximate surface area is 138 Å². The van der Waals surface area contributed by atoms with Crippen molar-refractivity contribution in [1.29, 1.82) is 0 Å². The molecule has 0 bridgehead atoms. The molecule has 0 spiro atoms. The van der Waals surface area contributed by atoms with Gasteiger partial charge in [0.15, 0.2) is 0 Å². The molecule has 0 saturated carbocycles. The summed E-state index contributed by atoms with van der Waals surface area (Å²) in [5.41, 5.74) is 1.34. The lowest BCUT2D eigenvalue weighted by molar-refractivity contribution is -0.113. The highest BCUT2D eigenvalue weighted by molar-refractivity contribution is 6.01. The van der Waals surface area contributed by atoms with Gasteiger partial charge < -0.3 is 15.1 Å². The van der Waals surface area contributed by atoms with Crippen LogP contribution in [-0.4, -0.2) is 49.9 Å². The largest absolute Gasteiger partial charge is 0.350 e. The molecule has 124 valence electrons. The standard InChI is InChI=1S/C18H25N3O2/c1-4-17(22)21(3)15-10-8-14(9-11-15)18(23)19-13-16-7-5-6-12-20(16)2/h4,8-11,16H,1,5-7,12-13H2,2-3H3,(H,19,23). The molecule has 0 aromatic heterocycles. The lowest BCUT2D eigenvalue weighted by Gasteiger charge is -2.32. The van der Waals surface area contributed by atoms with Crippen molar-refractivity contribution in [3.63, 3.8) is 0 Å². The Morgan fingerprint density at radius 2 is 2.04 bits per heavy atom. The van der Waals surface area contributed by atoms with Crippen LogP contribution in [0.1, 0.15) is 29.6 Å². The molecule has 1 aliphatic rings. The number of hydrogen-bond donors (Lipinski definition) is 1. The van der Waals surface area contributed by atoms with Crippen molar-refractivity contribution in [2.75, 3.05) is 32.1 Å². The van der Waals surface area contributed by atoms with E-state index in [2.05, 4.69) is 23.8 Å². The number of benzene rings is 1. The van der Waals surface area contributed by atoms with Crippen molar-refractivity contribution in [3.05, 3.63) is 42.5 Å². The SMILES string of the molecule is C=CC(=O)N(C)c1ccc(C(=O)NCC2CCCCN2C)cc1. The summed E-state index contributed by atoms with van der Waals surface area (Å²) < 4.78 is 0. The number of likely N-dealkylation sites (N-methyl/N-ethyl adjacent to an activating group) is 2. The number of likely N-dealkylation sites (tertiary alicyclic amines) is 1. The summed E-state index contributed by atoms with van der Waals surface area (Å²) in [7, 11) is 3.79. The van der Waals surface area contributed by atoms with E-state index in [-0.39, 0.29) is 11.8 Å². The van der Waals surface area contributed by atoms with E-state index in [1.165, 1.54) is 23.8 Å². The van der Waals surface area contributed by atoms with E-state index in [1.807, 2.05) is 0 Å². The van der Waals surface area contributed by atoms with Gasteiger partial charge in [0, 0.05) is 30.9 Å². The molecule has 5 nitrogen and oxygen atoms in total. The second-order valence-electron chi connectivity index (χ2n) is 5.99. The van der Waals surface area contributed by atoms with Gasteiger partial charge in [-0.25, -0.2) is 0 Å². The molecule has 1 unspecified atom stereocenters. The van der Waals surface area contributed by atoms with Gasteiger partial charge in [0.25, 0.3) is 5.91 Å². The van der Waals surface area contributed by atoms with E-state index in [0.717, 1.165) is 18.7 Å². The number of nitrogens with one attached hydrogen (secondary N) is 1. The topological polar surface area (TPSA) is 52.7 Å². The first kappa shape index (κ1) is 17.2. The number of amides is 2. The Hall–Kier alpha value is -2.14. The first-order chi connectivity index (χ1) is 11.0. The molecule has 5 heteroatoms. The molecule has 1 saturated heterocycles. The third-order valence-corrected chi connectivity index (χ3v) is 4.44. The molecule has 1 aromatic rings. The smallest absolute Gasteiger partial charge is 0.251 e. The second-order valence-corrected chi connectivity index (χ2v) is 5.99. The van der Waals surface area contributed by atoms with Gasteiger partial charge in [0.1, 0.15) is 0 Å². The molecule has 1 atom stereocenters. The summed E-state index contributed by atoms with van der Waals surface area (Å²) in [5, 5.41) is 3.00. The highest BCUT2D eigenvalue weighted by Crippen LogP contribution is 2.16. The molecule has 1 fully saturated rings. The molecule has 1 aromatic carbocycles. The minimum absolute atomic E-state index is 0.0757. The molecule has 2 amide bonds. The molecule has 0 aliphatic carbocycles. The molecule has 1 heterocycles. The van der Waals surface area contributed by atoms with Crippen LogP contribution in [0, 0.1) is 0 Å². The van der Waals surface area contributed by atoms with Crippen molar-refractivity contribution in [1.82, 2.24) is 10.2 Å². The fourth-order valence-electron chi connectivity index (χ4n) is 2.82. The van der Waals surface area contributed by atoms with Gasteiger partial charge in [0.2, 0.25) is 5.91 Å². The van der Waals surface area contributed by atoms with Gasteiger partial charge in [-0.3, -0.25) is 9.59 Å². The predicted octanol–water partition coefficient (Wildman–Crippen LogP) is 2.05. The van der Waals surface area contributed by atoms with Crippen LogP contribution in [0.5, 0.6) is 0 Å². The molecule has 2 rings (SSSR count). The zero-order valence-corrected chi connectivity index (χ0v) is 13.9. The van der Waals surface area contributed by atoms with Gasteiger partial charge in [-0.05, 0) is 56.8 Å². The molecule has 23 heavy (non-hydrogen) atoms. The van der Waals surface area contributed by atoms with Crippen molar-refractivity contribution in [2.24, 2.45) is 0 Å². The van der Waals surface area contributed by atoms with Crippen LogP contribution in [0.15, 0.2) is 36.9 Å². The zero-order chi connectivity index (χ0) is 16.8. The monoisotopic (exact) mass is 315 g/mol. The van der Waals surface area contributed by atoms with E-state index >= 15 is 0 Å². The fraction of sp³-hybridized carbons (Fsp3) is 0.444. The van der Waals surface area contributed by atoms with Crippen molar-refractivity contribution >= 4 is 17.5 Å². The minimum Gasteiger partial charge on any atom is -0.350 e. The van der Waals surface area contributed by atoms with E-state index in [4.69, 9.17) is 0 Å². The van der Waals surface area contributed by atoms with Crippen LogP contribution in [0.4, 0.5) is 5.69 Å². The number of hydrogen-bond acceptors (Lipinski definition) is 3. The second kappa shape index (κ2) is 7.92. The third-order valence-electron chi connectivity index (χ3n) is 4.44. The predicted molar refractivity (Wildman–Crippen MR) is 92.7 cm³/mol. The van der Waals surface area contributed by atoms with Gasteiger partial charge in [-0.15, -0.1) is 0 Å². The normalized spacial score (nSPS) is 18.3. The number of carbonyl (C=O) groups is 2. The lowest BCUT2D eigenvalue weighted by atomic mass is 10.0. The van der Waals surface area contributed by atoms with Crippen LogP contribution >= 0.6 is 0 Å². The Morgan fingerprint density at radius 3 is 2.65 bits per heavy atom. The molecule has 0 radical (unpaired) electrons. The van der Waals surface area contributed by atoms with Gasteiger partial charge in [-0.1, -0.05) is 13.0 Å². The number of rotatable bonds is 5. The van der Waals surface area contributed by atoms with Gasteiger partial charge in [-0.2, -0.15) is 0 Å². The Bertz CT molecular complexity index is 568. The van der Waals surface area contributed by atoms with Crippen molar-refractivity contribution in [2.45, 2.75) is 25.3 Å². The first-order valence-electron chi connectivity index (χ1n) is 8.01. The fourth-order valence-corrected chi connectivity index (χ4v) is 2.82. The van der Waals surface area contributed by atoms with Crippen LogP contribution in [-0.2, 0) is 4.79 Å². The van der Waals surface area contributed by atoms with E-state index < -0.39 is 0 Å². The van der Waals surface area contributed by atoms with Crippen LogP contribution in [0.2, 0.25) is 0 Å². The maximum atomic E-state index is 12.2. The minimum atomic E-state index is -0.178. The molecular formula is C18H25N3O2. The summed E-state index contributed by atoms with van der Waals surface area (Å²) in [4.78, 5) is 27.6. The third kappa shape index (κ3) is 4.42. The van der Waals surface area contributed by atoms with Crippen molar-refractivity contribution < 1.29 is 9.59 Å². The maximum absolute atomic E-state index is 12.2. The van der Waals surface area contributed by atoms with Crippen LogP contribution in [0.25, 0.3) is 0 Å².